The summed E-state index contributed by atoms with van der Waals surface area (Å²) in [6.45, 7) is 2.37. The molecule has 1 atom stereocenters. The summed E-state index contributed by atoms with van der Waals surface area (Å²) in [5, 5.41) is 38.2. The number of carbonyl (C=O) groups is 2. The van der Waals surface area contributed by atoms with Gasteiger partial charge in [0.2, 0.25) is 0 Å². The summed E-state index contributed by atoms with van der Waals surface area (Å²) in [5.74, 6) is -0.978. The smallest absolute Gasteiger partial charge is 0.277 e. The lowest BCUT2D eigenvalue weighted by Gasteiger charge is -2.17. The number of hydrogen-bond acceptors (Lipinski definition) is 9. The maximum absolute atomic E-state index is 12.9. The van der Waals surface area contributed by atoms with Gasteiger partial charge in [-0.1, -0.05) is 12.1 Å². The topological polar surface area (TPSA) is 186 Å². The molecule has 3 rings (SSSR count). The van der Waals surface area contributed by atoms with Crippen molar-refractivity contribution in [2.24, 2.45) is 5.10 Å². The highest BCUT2D eigenvalue weighted by Gasteiger charge is 2.25. The number of nitrogens with zero attached hydrogens (tertiary/aromatic N) is 3. The van der Waals surface area contributed by atoms with Crippen molar-refractivity contribution in [3.8, 4) is 11.5 Å². The van der Waals surface area contributed by atoms with Crippen LogP contribution in [-0.4, -0.2) is 45.6 Å². The minimum absolute atomic E-state index is 0.00245. The van der Waals surface area contributed by atoms with Gasteiger partial charge >= 0.3 is 0 Å². The molecule has 13 heteroatoms. The molecule has 2 amide bonds. The van der Waals surface area contributed by atoms with E-state index in [1.165, 1.54) is 18.3 Å². The second kappa shape index (κ2) is 12.6. The van der Waals surface area contributed by atoms with Crippen molar-refractivity contribution in [2.45, 2.75) is 19.4 Å². The molecule has 0 saturated heterocycles. The highest BCUT2D eigenvalue weighted by Crippen LogP contribution is 2.23. The number of benzene rings is 3. The number of phenols is 1. The van der Waals surface area contributed by atoms with Crippen LogP contribution in [0.15, 0.2) is 71.8 Å². The first-order valence-electron chi connectivity index (χ1n) is 11.2. The predicted octanol–water partition coefficient (Wildman–Crippen LogP) is 3.10. The van der Waals surface area contributed by atoms with Gasteiger partial charge in [-0.05, 0) is 54.4 Å². The Bertz CT molecular complexity index is 1320. The van der Waals surface area contributed by atoms with Gasteiger partial charge in [-0.25, -0.2) is 5.43 Å². The van der Waals surface area contributed by atoms with Gasteiger partial charge in [-0.2, -0.15) is 5.10 Å². The van der Waals surface area contributed by atoms with Gasteiger partial charge in [0.05, 0.1) is 34.3 Å². The molecular formula is C25H23N5O8. The number of amides is 2. The molecule has 1 unspecified atom stereocenters. The highest BCUT2D eigenvalue weighted by atomic mass is 16.6. The third kappa shape index (κ3) is 7.58. The van der Waals surface area contributed by atoms with Crippen LogP contribution in [0.3, 0.4) is 0 Å². The fraction of sp³-hybridized carbons (Fsp3) is 0.160. The Morgan fingerprint density at radius 3 is 2.16 bits per heavy atom. The summed E-state index contributed by atoms with van der Waals surface area (Å²) in [7, 11) is 0. The number of hydrogen-bond donors (Lipinski definition) is 3. The average molecular weight is 521 g/mol. The van der Waals surface area contributed by atoms with Crippen LogP contribution in [0.4, 0.5) is 11.4 Å². The minimum Gasteiger partial charge on any atom is -0.508 e. The molecule has 0 spiro atoms. The molecule has 0 bridgehead atoms. The van der Waals surface area contributed by atoms with E-state index in [0.29, 0.717) is 23.5 Å². The molecule has 0 aliphatic carbocycles. The quantitative estimate of drug-likeness (QED) is 0.195. The normalized spacial score (nSPS) is 11.5. The van der Waals surface area contributed by atoms with Crippen LogP contribution in [0.1, 0.15) is 28.4 Å². The van der Waals surface area contributed by atoms with Crippen LogP contribution in [0.5, 0.6) is 11.5 Å². The van der Waals surface area contributed by atoms with Gasteiger partial charge < -0.3 is 15.2 Å². The number of rotatable bonds is 11. The number of ether oxygens (including phenoxy) is 1. The van der Waals surface area contributed by atoms with Crippen molar-refractivity contribution < 1.29 is 29.3 Å². The Morgan fingerprint density at radius 1 is 1.00 bits per heavy atom. The molecule has 0 heterocycles. The molecule has 38 heavy (non-hydrogen) atoms. The molecule has 3 aromatic rings. The number of nitro benzene ring substituents is 2. The standard InChI is InChI=1S/C25H23N5O8/c1-2-38-22-9-5-17(6-10-22)15-26-28-25(33)23(11-16-3-7-21(31)8-4-16)27-24(32)18-12-19(29(34)35)14-20(13-18)30(36)37/h3-10,12-15,23,31H,2,11H2,1H3,(H,27,32)(H,28,33)/b26-15+. The maximum atomic E-state index is 12.9. The summed E-state index contributed by atoms with van der Waals surface area (Å²) < 4.78 is 5.37. The molecule has 3 aromatic carbocycles. The molecule has 0 saturated carbocycles. The highest BCUT2D eigenvalue weighted by molar-refractivity contribution is 5.98. The molecule has 13 nitrogen and oxygen atoms in total. The minimum atomic E-state index is -1.22. The van der Waals surface area contributed by atoms with E-state index in [9.17, 15) is 34.9 Å². The van der Waals surface area contributed by atoms with Crippen molar-refractivity contribution in [2.75, 3.05) is 6.61 Å². The van der Waals surface area contributed by atoms with E-state index >= 15 is 0 Å². The lowest BCUT2D eigenvalue weighted by molar-refractivity contribution is -0.394. The first kappa shape index (κ1) is 27.3. The summed E-state index contributed by atoms with van der Waals surface area (Å²) in [6.07, 6.45) is 1.35. The maximum Gasteiger partial charge on any atom is 0.277 e. The fourth-order valence-corrected chi connectivity index (χ4v) is 3.32. The van der Waals surface area contributed by atoms with Crippen LogP contribution >= 0.6 is 0 Å². The Morgan fingerprint density at radius 2 is 1.61 bits per heavy atom. The van der Waals surface area contributed by atoms with Gasteiger partial charge in [0, 0.05) is 18.6 Å². The number of phenolic OH excluding ortho intramolecular Hbond substituents is 1. The fourth-order valence-electron chi connectivity index (χ4n) is 3.32. The van der Waals surface area contributed by atoms with Crippen molar-refractivity contribution in [1.82, 2.24) is 10.7 Å². The van der Waals surface area contributed by atoms with Crippen LogP contribution < -0.4 is 15.5 Å². The number of nitro groups is 2. The van der Waals surface area contributed by atoms with E-state index in [2.05, 4.69) is 15.8 Å². The van der Waals surface area contributed by atoms with Gasteiger partial charge in [0.25, 0.3) is 23.2 Å². The van der Waals surface area contributed by atoms with Crippen molar-refractivity contribution >= 4 is 29.4 Å². The zero-order valence-electron chi connectivity index (χ0n) is 20.1. The SMILES string of the molecule is CCOc1ccc(/C=N/NC(=O)C(Cc2ccc(O)cc2)NC(=O)c2cc([N+](=O)[O-])cc([N+](=O)[O-])c2)cc1. The van der Waals surface area contributed by atoms with Crippen molar-refractivity contribution in [3.63, 3.8) is 0 Å². The number of non-ortho nitro benzene ring substituents is 2. The Hall–Kier alpha value is -5.33. The molecule has 0 aliphatic heterocycles. The van der Waals surface area contributed by atoms with Crippen molar-refractivity contribution in [1.29, 1.82) is 0 Å². The molecule has 0 radical (unpaired) electrons. The Kier molecular flexibility index (Phi) is 9.02. The predicted molar refractivity (Wildman–Crippen MR) is 136 cm³/mol. The molecule has 0 aliphatic rings. The van der Waals surface area contributed by atoms with E-state index in [4.69, 9.17) is 4.74 Å². The number of hydrazone groups is 1. The van der Waals surface area contributed by atoms with Gasteiger partial charge in [0.1, 0.15) is 17.5 Å². The number of nitrogens with one attached hydrogen (secondary N) is 2. The van der Waals surface area contributed by atoms with Crippen LogP contribution in [0.2, 0.25) is 0 Å². The third-order valence-corrected chi connectivity index (χ3v) is 5.16. The summed E-state index contributed by atoms with van der Waals surface area (Å²) in [4.78, 5) is 46.5. The van der Waals surface area contributed by atoms with E-state index in [0.717, 1.165) is 18.2 Å². The van der Waals surface area contributed by atoms with E-state index in [1.807, 2.05) is 6.92 Å². The van der Waals surface area contributed by atoms with Gasteiger partial charge in [-0.3, -0.25) is 29.8 Å². The number of carbonyl (C=O) groups excluding carboxylic acids is 2. The second-order valence-electron chi connectivity index (χ2n) is 7.89. The third-order valence-electron chi connectivity index (χ3n) is 5.16. The molecule has 0 fully saturated rings. The Balaban J connectivity index is 1.80. The van der Waals surface area contributed by atoms with Crippen LogP contribution in [-0.2, 0) is 11.2 Å². The van der Waals surface area contributed by atoms with E-state index in [1.54, 1.807) is 36.4 Å². The molecular weight excluding hydrogens is 498 g/mol. The summed E-state index contributed by atoms with van der Waals surface area (Å²) >= 11 is 0. The zero-order valence-corrected chi connectivity index (χ0v) is 20.1. The lowest BCUT2D eigenvalue weighted by Crippen LogP contribution is -2.46. The average Bonchev–Trinajstić information content (AvgIpc) is 2.90. The van der Waals surface area contributed by atoms with Crippen LogP contribution in [0.25, 0.3) is 0 Å². The van der Waals surface area contributed by atoms with Crippen molar-refractivity contribution in [3.05, 3.63) is 104 Å². The molecule has 196 valence electrons. The first-order chi connectivity index (χ1) is 18.2. The molecule has 0 aromatic heterocycles. The van der Waals surface area contributed by atoms with Crippen LogP contribution in [0, 0.1) is 20.2 Å². The summed E-state index contributed by atoms with van der Waals surface area (Å²) in [5.41, 5.74) is 1.91. The Labute approximate surface area is 216 Å². The van der Waals surface area contributed by atoms with Gasteiger partial charge in [0.15, 0.2) is 0 Å². The molecule has 3 N–H and O–H groups in total. The number of aromatic hydroxyl groups is 1. The second-order valence-corrected chi connectivity index (χ2v) is 7.89. The largest absolute Gasteiger partial charge is 0.508 e. The van der Waals surface area contributed by atoms with E-state index in [-0.39, 0.29) is 17.7 Å². The lowest BCUT2D eigenvalue weighted by atomic mass is 10.0. The first-order valence-corrected chi connectivity index (χ1v) is 11.2. The van der Waals surface area contributed by atoms with Gasteiger partial charge in [-0.15, -0.1) is 0 Å². The summed E-state index contributed by atoms with van der Waals surface area (Å²) in [6, 6.07) is 14.1. The van der Waals surface area contributed by atoms with E-state index < -0.39 is 39.1 Å². The zero-order chi connectivity index (χ0) is 27.7. The monoisotopic (exact) mass is 521 g/mol.